The number of amides is 1. The summed E-state index contributed by atoms with van der Waals surface area (Å²) in [5.41, 5.74) is -0.434. The summed E-state index contributed by atoms with van der Waals surface area (Å²) >= 11 is 1.55. The van der Waals surface area contributed by atoms with E-state index in [9.17, 15) is 19.8 Å². The number of aliphatic hydroxyl groups is 2. The third-order valence-electron chi connectivity index (χ3n) is 4.50. The number of hydrogen-bond donors (Lipinski definition) is 3. The summed E-state index contributed by atoms with van der Waals surface area (Å²) in [6.07, 6.45) is -2.17. The Hall–Kier alpha value is -2.66. The third kappa shape index (κ3) is 5.08. The quantitative estimate of drug-likeness (QED) is 0.447. The predicted octanol–water partition coefficient (Wildman–Crippen LogP) is 1.87. The molecule has 10 heteroatoms. The number of aromatic nitrogens is 2. The van der Waals surface area contributed by atoms with Crippen molar-refractivity contribution in [2.24, 2.45) is 0 Å². The molecule has 4 atom stereocenters. The first-order valence-electron chi connectivity index (χ1n) is 9.29. The van der Waals surface area contributed by atoms with Crippen molar-refractivity contribution in [2.45, 2.75) is 36.4 Å². The highest BCUT2D eigenvalue weighted by atomic mass is 32.2. The molecule has 2 unspecified atom stereocenters. The molecule has 1 aliphatic rings. The fraction of sp³-hybridized carbons (Fsp3) is 0.350. The Kier molecular flexibility index (Phi) is 7.27. The lowest BCUT2D eigenvalue weighted by atomic mass is 10.1. The lowest BCUT2D eigenvalue weighted by molar-refractivity contribution is -0.0350. The highest BCUT2D eigenvalue weighted by molar-refractivity contribution is 7.99. The molecule has 1 fully saturated rings. The van der Waals surface area contributed by atoms with Gasteiger partial charge in [-0.25, -0.2) is 9.59 Å². The number of thioether (sulfide) groups is 1. The maximum absolute atomic E-state index is 12.4. The summed E-state index contributed by atoms with van der Waals surface area (Å²) in [7, 11) is 0. The van der Waals surface area contributed by atoms with Crippen LogP contribution in [0.15, 0.2) is 52.8 Å². The lowest BCUT2D eigenvalue weighted by Crippen LogP contribution is -2.36. The van der Waals surface area contributed by atoms with Gasteiger partial charge in [-0.2, -0.15) is 4.98 Å². The first kappa shape index (κ1) is 22.0. The number of rotatable bonds is 7. The van der Waals surface area contributed by atoms with Crippen LogP contribution in [-0.4, -0.2) is 56.5 Å². The molecule has 1 amide bonds. The van der Waals surface area contributed by atoms with Crippen LogP contribution in [0.25, 0.3) is 6.08 Å². The first-order chi connectivity index (χ1) is 14.4. The van der Waals surface area contributed by atoms with E-state index in [1.165, 1.54) is 12.3 Å². The third-order valence-corrected chi connectivity index (χ3v) is 5.48. The second-order valence-electron chi connectivity index (χ2n) is 6.57. The van der Waals surface area contributed by atoms with Crippen LogP contribution in [-0.2, 0) is 9.47 Å². The van der Waals surface area contributed by atoms with Crippen LogP contribution in [0.3, 0.4) is 0 Å². The minimum Gasteiger partial charge on any atom is -0.448 e. The van der Waals surface area contributed by atoms with Gasteiger partial charge in [-0.05, 0) is 19.1 Å². The number of nitrogens with one attached hydrogen (secondary N) is 1. The molecule has 1 aliphatic heterocycles. The summed E-state index contributed by atoms with van der Waals surface area (Å²) in [6.45, 7) is 5.41. The fourth-order valence-corrected chi connectivity index (χ4v) is 3.67. The molecule has 2 heterocycles. The Bertz CT molecular complexity index is 951. The van der Waals surface area contributed by atoms with E-state index in [-0.39, 0.29) is 12.4 Å². The molecule has 0 saturated carbocycles. The number of aliphatic hydroxyl groups excluding tert-OH is 2. The van der Waals surface area contributed by atoms with E-state index in [1.54, 1.807) is 18.7 Å². The van der Waals surface area contributed by atoms with Crippen LogP contribution >= 0.6 is 11.8 Å². The second-order valence-corrected chi connectivity index (χ2v) is 7.74. The number of ether oxygens (including phenoxy) is 2. The molecule has 160 valence electrons. The summed E-state index contributed by atoms with van der Waals surface area (Å²) in [5.74, 6) is 0.547. The normalized spacial score (nSPS) is 23.2. The van der Waals surface area contributed by atoms with Gasteiger partial charge >= 0.3 is 11.8 Å². The van der Waals surface area contributed by atoms with Gasteiger partial charge in [-0.3, -0.25) is 9.88 Å². The van der Waals surface area contributed by atoms with E-state index in [0.717, 1.165) is 9.46 Å². The molecule has 0 aliphatic carbocycles. The van der Waals surface area contributed by atoms with Crippen molar-refractivity contribution < 1.29 is 24.5 Å². The van der Waals surface area contributed by atoms with E-state index >= 15 is 0 Å². The van der Waals surface area contributed by atoms with E-state index < -0.39 is 36.3 Å². The van der Waals surface area contributed by atoms with Crippen LogP contribution in [0, 0.1) is 0 Å². The van der Waals surface area contributed by atoms with Crippen molar-refractivity contribution in [3.8, 4) is 0 Å². The highest BCUT2D eigenvalue weighted by Gasteiger charge is 2.42. The molecule has 1 saturated heterocycles. The maximum atomic E-state index is 12.4. The zero-order valence-electron chi connectivity index (χ0n) is 16.3. The number of carbonyl (C=O) groups excluding carboxylic acids is 1. The van der Waals surface area contributed by atoms with Gasteiger partial charge in [0.25, 0.3) is 0 Å². The second kappa shape index (κ2) is 9.90. The Morgan fingerprint density at radius 3 is 2.73 bits per heavy atom. The van der Waals surface area contributed by atoms with Crippen molar-refractivity contribution >= 4 is 29.7 Å². The van der Waals surface area contributed by atoms with Gasteiger partial charge in [0.1, 0.15) is 24.6 Å². The largest absolute Gasteiger partial charge is 0.448 e. The Morgan fingerprint density at radius 2 is 2.10 bits per heavy atom. The summed E-state index contributed by atoms with van der Waals surface area (Å²) in [4.78, 5) is 29.4. The zero-order valence-corrected chi connectivity index (χ0v) is 17.1. The van der Waals surface area contributed by atoms with Gasteiger partial charge in [0.2, 0.25) is 0 Å². The Balaban J connectivity index is 1.62. The van der Waals surface area contributed by atoms with Crippen LogP contribution in [0.5, 0.6) is 0 Å². The molecule has 30 heavy (non-hydrogen) atoms. The number of benzene rings is 1. The van der Waals surface area contributed by atoms with Crippen LogP contribution in [0.2, 0.25) is 0 Å². The van der Waals surface area contributed by atoms with Gasteiger partial charge in [0, 0.05) is 22.4 Å². The van der Waals surface area contributed by atoms with Gasteiger partial charge in [0.05, 0.1) is 6.10 Å². The first-order valence-corrected chi connectivity index (χ1v) is 10.3. The van der Waals surface area contributed by atoms with E-state index in [0.29, 0.717) is 11.3 Å². The van der Waals surface area contributed by atoms with E-state index in [1.807, 2.05) is 30.3 Å². The predicted molar refractivity (Wildman–Crippen MR) is 112 cm³/mol. The molecule has 1 aromatic carbocycles. The standard InChI is InChI=1S/C20H23N3O6S/c1-3-13-11-23(18-16(25)15(24)12(2)29-18)19(26)21-17(13)22-20(27)28-9-10-30-14-7-5-4-6-8-14/h3-8,11-12,15-16,18,24-25H,1,9-10H2,2H3,(H,21,22,26,27)/t12-,15?,16?,18-/m1/s1. The molecule has 0 radical (unpaired) electrons. The number of hydrogen-bond acceptors (Lipinski definition) is 8. The van der Waals surface area contributed by atoms with Crippen molar-refractivity contribution in [3.05, 3.63) is 59.2 Å². The van der Waals surface area contributed by atoms with Crippen molar-refractivity contribution in [1.82, 2.24) is 9.55 Å². The van der Waals surface area contributed by atoms with Crippen LogP contribution in [0.4, 0.5) is 10.6 Å². The van der Waals surface area contributed by atoms with Gasteiger partial charge < -0.3 is 19.7 Å². The minimum absolute atomic E-state index is 0.0203. The summed E-state index contributed by atoms with van der Waals surface area (Å²) in [6, 6.07) is 9.71. The molecule has 0 bridgehead atoms. The van der Waals surface area contributed by atoms with Crippen LogP contribution in [0.1, 0.15) is 18.7 Å². The van der Waals surface area contributed by atoms with Gasteiger partial charge in [-0.15, -0.1) is 11.8 Å². The van der Waals surface area contributed by atoms with Crippen LogP contribution < -0.4 is 11.0 Å². The summed E-state index contributed by atoms with van der Waals surface area (Å²) in [5, 5.41) is 22.4. The molecular weight excluding hydrogens is 410 g/mol. The molecule has 1 aromatic heterocycles. The molecule has 3 N–H and O–H groups in total. The smallest absolute Gasteiger partial charge is 0.412 e. The highest BCUT2D eigenvalue weighted by Crippen LogP contribution is 2.28. The maximum Gasteiger partial charge on any atom is 0.412 e. The number of nitrogens with zero attached hydrogens (tertiary/aromatic N) is 2. The van der Waals surface area contributed by atoms with Gasteiger partial charge in [-0.1, -0.05) is 30.9 Å². The fourth-order valence-electron chi connectivity index (χ4n) is 2.92. The molecule has 2 aromatic rings. The minimum atomic E-state index is -1.29. The topological polar surface area (TPSA) is 123 Å². The lowest BCUT2D eigenvalue weighted by Gasteiger charge is -2.18. The number of carbonyl (C=O) groups is 1. The monoisotopic (exact) mass is 433 g/mol. The van der Waals surface area contributed by atoms with E-state index in [4.69, 9.17) is 9.47 Å². The van der Waals surface area contributed by atoms with Crippen molar-refractivity contribution in [3.63, 3.8) is 0 Å². The SMILES string of the molecule is C=Cc1cn([C@@H]2O[C@H](C)C(O)C2O)c(=O)nc1NC(=O)OCCSc1ccccc1. The van der Waals surface area contributed by atoms with Gasteiger partial charge in [0.15, 0.2) is 6.23 Å². The summed E-state index contributed by atoms with van der Waals surface area (Å²) < 4.78 is 11.6. The molecule has 3 rings (SSSR count). The van der Waals surface area contributed by atoms with Crippen molar-refractivity contribution in [2.75, 3.05) is 17.7 Å². The Morgan fingerprint density at radius 1 is 1.37 bits per heavy atom. The average Bonchev–Trinajstić information content (AvgIpc) is 2.99. The Labute approximate surface area is 177 Å². The van der Waals surface area contributed by atoms with E-state index in [2.05, 4.69) is 16.9 Å². The molecule has 0 spiro atoms. The molecule has 9 nitrogen and oxygen atoms in total. The zero-order chi connectivity index (χ0) is 21.7. The average molecular weight is 433 g/mol. The molecular formula is C20H23N3O6S. The van der Waals surface area contributed by atoms with Crippen molar-refractivity contribution in [1.29, 1.82) is 0 Å². The number of anilines is 1.